The zero-order valence-corrected chi connectivity index (χ0v) is 11.0. The van der Waals surface area contributed by atoms with Crippen LogP contribution in [0.4, 0.5) is 0 Å². The van der Waals surface area contributed by atoms with E-state index in [1.165, 1.54) is 0 Å². The van der Waals surface area contributed by atoms with Gasteiger partial charge >= 0.3 is 0 Å². The zero-order valence-electron chi connectivity index (χ0n) is 9.41. The molecule has 0 radical (unpaired) electrons. The van der Waals surface area contributed by atoms with E-state index in [1.54, 1.807) is 11.8 Å². The number of amides is 1. The summed E-state index contributed by atoms with van der Waals surface area (Å²) < 4.78 is 0. The molecule has 0 heterocycles. The van der Waals surface area contributed by atoms with Crippen LogP contribution in [0.5, 0.6) is 0 Å². The molecule has 1 unspecified atom stereocenters. The molecule has 1 aliphatic carbocycles. The van der Waals surface area contributed by atoms with Crippen molar-refractivity contribution in [3.8, 4) is 0 Å². The van der Waals surface area contributed by atoms with Gasteiger partial charge in [-0.05, 0) is 19.1 Å². The molecule has 1 saturated carbocycles. The Bertz CT molecular complexity index is 208. The molecule has 90 valence electrons. The van der Waals surface area contributed by atoms with Crippen LogP contribution >= 0.6 is 24.2 Å². The van der Waals surface area contributed by atoms with Crippen LogP contribution < -0.4 is 11.1 Å². The average molecular weight is 253 g/mol. The largest absolute Gasteiger partial charge is 0.353 e. The minimum Gasteiger partial charge on any atom is -0.353 e. The molecule has 0 aromatic carbocycles. The molecule has 0 aromatic rings. The van der Waals surface area contributed by atoms with Gasteiger partial charge in [0, 0.05) is 11.8 Å². The summed E-state index contributed by atoms with van der Waals surface area (Å²) in [5, 5.41) is 3.39. The molecule has 0 spiro atoms. The fraction of sp³-hybridized carbons (Fsp3) is 0.900. The maximum atomic E-state index is 11.7. The Kier molecular flexibility index (Phi) is 6.64. The van der Waals surface area contributed by atoms with E-state index in [1.807, 2.05) is 6.26 Å². The van der Waals surface area contributed by atoms with E-state index in [0.717, 1.165) is 32.2 Å². The normalized spacial score (nSPS) is 20.5. The summed E-state index contributed by atoms with van der Waals surface area (Å²) >= 11 is 1.75. The van der Waals surface area contributed by atoms with E-state index >= 15 is 0 Å². The number of thioether (sulfide) groups is 1. The van der Waals surface area contributed by atoms with Crippen molar-refractivity contribution in [1.29, 1.82) is 0 Å². The van der Waals surface area contributed by atoms with Gasteiger partial charge in [-0.3, -0.25) is 4.79 Å². The Morgan fingerprint density at radius 3 is 2.53 bits per heavy atom. The lowest BCUT2D eigenvalue weighted by atomic mass is 9.98. The van der Waals surface area contributed by atoms with Crippen molar-refractivity contribution >= 4 is 30.1 Å². The van der Waals surface area contributed by atoms with Gasteiger partial charge < -0.3 is 11.1 Å². The van der Waals surface area contributed by atoms with E-state index < -0.39 is 5.54 Å². The van der Waals surface area contributed by atoms with Gasteiger partial charge in [0.05, 0.1) is 5.54 Å². The van der Waals surface area contributed by atoms with Gasteiger partial charge in [0.15, 0.2) is 0 Å². The van der Waals surface area contributed by atoms with Gasteiger partial charge in [-0.2, -0.15) is 11.8 Å². The molecule has 1 fully saturated rings. The topological polar surface area (TPSA) is 55.1 Å². The Labute approximate surface area is 102 Å². The Morgan fingerprint density at radius 1 is 1.53 bits per heavy atom. The SMILES string of the molecule is CSC(C)CNC(=O)C1(N)CCCC1.Cl. The van der Waals surface area contributed by atoms with Crippen LogP contribution in [0, 0.1) is 0 Å². The smallest absolute Gasteiger partial charge is 0.240 e. The highest BCUT2D eigenvalue weighted by atomic mass is 35.5. The minimum atomic E-state index is -0.571. The molecule has 1 atom stereocenters. The number of nitrogens with one attached hydrogen (secondary N) is 1. The third kappa shape index (κ3) is 4.21. The Hall–Kier alpha value is 0.0700. The van der Waals surface area contributed by atoms with E-state index in [0.29, 0.717) is 5.25 Å². The van der Waals surface area contributed by atoms with Gasteiger partial charge in [-0.25, -0.2) is 0 Å². The summed E-state index contributed by atoms with van der Waals surface area (Å²) in [4.78, 5) is 11.7. The molecular weight excluding hydrogens is 232 g/mol. The number of rotatable bonds is 4. The predicted octanol–water partition coefficient (Wildman–Crippen LogP) is 1.55. The summed E-state index contributed by atoms with van der Waals surface area (Å²) in [5.74, 6) is 0.0379. The van der Waals surface area contributed by atoms with Crippen LogP contribution in [0.15, 0.2) is 0 Å². The molecule has 3 N–H and O–H groups in total. The summed E-state index contributed by atoms with van der Waals surface area (Å²) in [5.41, 5.74) is 5.44. The second-order valence-corrected chi connectivity index (χ2v) is 5.40. The highest BCUT2D eigenvalue weighted by Gasteiger charge is 2.36. The van der Waals surface area contributed by atoms with Gasteiger partial charge in [-0.15, -0.1) is 12.4 Å². The molecule has 0 aromatic heterocycles. The highest BCUT2D eigenvalue weighted by molar-refractivity contribution is 7.99. The van der Waals surface area contributed by atoms with Gasteiger partial charge in [-0.1, -0.05) is 19.8 Å². The zero-order chi connectivity index (χ0) is 10.6. The van der Waals surface area contributed by atoms with Gasteiger partial charge in [0.2, 0.25) is 5.91 Å². The van der Waals surface area contributed by atoms with Gasteiger partial charge in [0.1, 0.15) is 0 Å². The third-order valence-electron chi connectivity index (χ3n) is 2.90. The number of halogens is 1. The molecule has 0 aliphatic heterocycles. The number of nitrogens with two attached hydrogens (primary N) is 1. The van der Waals surface area contributed by atoms with Crippen molar-refractivity contribution < 1.29 is 4.79 Å². The maximum absolute atomic E-state index is 11.7. The first-order chi connectivity index (χ1) is 6.58. The summed E-state index contributed by atoms with van der Waals surface area (Å²) in [6.45, 7) is 2.82. The van der Waals surface area contributed by atoms with Crippen molar-refractivity contribution in [3.05, 3.63) is 0 Å². The van der Waals surface area contributed by atoms with E-state index in [4.69, 9.17) is 5.73 Å². The maximum Gasteiger partial charge on any atom is 0.240 e. The fourth-order valence-electron chi connectivity index (χ4n) is 1.73. The molecule has 0 bridgehead atoms. The molecule has 5 heteroatoms. The molecule has 1 rings (SSSR count). The summed E-state index contributed by atoms with van der Waals surface area (Å²) in [6.07, 6.45) is 5.90. The second kappa shape index (κ2) is 6.61. The Morgan fingerprint density at radius 2 is 2.07 bits per heavy atom. The van der Waals surface area contributed by atoms with Crippen LogP contribution in [-0.4, -0.2) is 29.5 Å². The molecular formula is C10H21ClN2OS. The highest BCUT2D eigenvalue weighted by Crippen LogP contribution is 2.27. The first-order valence-electron chi connectivity index (χ1n) is 5.18. The van der Waals surface area contributed by atoms with Gasteiger partial charge in [0.25, 0.3) is 0 Å². The van der Waals surface area contributed by atoms with Crippen LogP contribution in [0.3, 0.4) is 0 Å². The monoisotopic (exact) mass is 252 g/mol. The lowest BCUT2D eigenvalue weighted by Crippen LogP contribution is -2.52. The minimum absolute atomic E-state index is 0. The molecule has 1 amide bonds. The van der Waals surface area contributed by atoms with Crippen molar-refractivity contribution in [2.75, 3.05) is 12.8 Å². The lowest BCUT2D eigenvalue weighted by Gasteiger charge is -2.23. The lowest BCUT2D eigenvalue weighted by molar-refractivity contribution is -0.126. The molecule has 0 saturated heterocycles. The predicted molar refractivity (Wildman–Crippen MR) is 68.6 cm³/mol. The average Bonchev–Trinajstić information content (AvgIpc) is 2.62. The Balaban J connectivity index is 0.00000196. The van der Waals surface area contributed by atoms with Crippen LogP contribution in [0.1, 0.15) is 32.6 Å². The molecule has 1 aliphatic rings. The van der Waals surface area contributed by atoms with E-state index in [9.17, 15) is 4.79 Å². The number of hydrogen-bond donors (Lipinski definition) is 2. The van der Waals surface area contributed by atoms with Crippen LogP contribution in [0.2, 0.25) is 0 Å². The first-order valence-corrected chi connectivity index (χ1v) is 6.47. The fourth-order valence-corrected chi connectivity index (χ4v) is 1.98. The molecule has 3 nitrogen and oxygen atoms in total. The molecule has 15 heavy (non-hydrogen) atoms. The standard InChI is InChI=1S/C10H20N2OS.ClH/c1-8(14-2)7-12-9(13)10(11)5-3-4-6-10;/h8H,3-7,11H2,1-2H3,(H,12,13);1H. The van der Waals surface area contributed by atoms with Crippen molar-refractivity contribution in [1.82, 2.24) is 5.32 Å². The number of carbonyl (C=O) groups is 1. The van der Waals surface area contributed by atoms with Crippen LogP contribution in [-0.2, 0) is 4.79 Å². The third-order valence-corrected chi connectivity index (χ3v) is 3.87. The van der Waals surface area contributed by atoms with Crippen molar-refractivity contribution in [2.24, 2.45) is 5.73 Å². The first kappa shape index (κ1) is 15.1. The van der Waals surface area contributed by atoms with Crippen molar-refractivity contribution in [2.45, 2.75) is 43.4 Å². The second-order valence-electron chi connectivity index (χ2n) is 4.12. The van der Waals surface area contributed by atoms with Crippen LogP contribution in [0.25, 0.3) is 0 Å². The summed E-state index contributed by atoms with van der Waals surface area (Å²) in [7, 11) is 0. The number of carbonyl (C=O) groups excluding carboxylic acids is 1. The summed E-state index contributed by atoms with van der Waals surface area (Å²) in [6, 6.07) is 0. The quantitative estimate of drug-likeness (QED) is 0.798. The van der Waals surface area contributed by atoms with E-state index in [-0.39, 0.29) is 18.3 Å². The number of hydrogen-bond acceptors (Lipinski definition) is 3. The van der Waals surface area contributed by atoms with E-state index in [2.05, 4.69) is 12.2 Å². The van der Waals surface area contributed by atoms with Crippen molar-refractivity contribution in [3.63, 3.8) is 0 Å².